The summed E-state index contributed by atoms with van der Waals surface area (Å²) >= 11 is 0. The molecule has 0 fully saturated rings. The summed E-state index contributed by atoms with van der Waals surface area (Å²) in [6, 6.07) is 4.81. The highest BCUT2D eigenvalue weighted by Crippen LogP contribution is 2.14. The SMILES string of the molecule is Cc1ccc(CNS(=O)(=O)c2cc3c(=O)n(C)nc(C)n3c2)o1. The van der Waals surface area contributed by atoms with E-state index in [0.29, 0.717) is 17.3 Å². The monoisotopic (exact) mass is 336 g/mol. The fraction of sp³-hybridized carbons (Fsp3) is 0.286. The summed E-state index contributed by atoms with van der Waals surface area (Å²) in [5.74, 6) is 1.74. The van der Waals surface area contributed by atoms with Crippen molar-refractivity contribution in [2.45, 2.75) is 25.3 Å². The standard InChI is InChI=1S/C14H16N4O4S/c1-9-4-5-11(22-9)7-15-23(20,21)12-6-13-14(19)17(3)16-10(2)18(13)8-12/h4-6,8,15H,7H2,1-3H3. The minimum Gasteiger partial charge on any atom is -0.465 e. The molecule has 9 heteroatoms. The molecule has 0 aliphatic rings. The number of furan rings is 1. The third kappa shape index (κ3) is 2.80. The fourth-order valence-electron chi connectivity index (χ4n) is 2.32. The number of hydrogen-bond acceptors (Lipinski definition) is 5. The smallest absolute Gasteiger partial charge is 0.290 e. The number of sulfonamides is 1. The van der Waals surface area contributed by atoms with Crippen molar-refractivity contribution in [2.75, 3.05) is 0 Å². The van der Waals surface area contributed by atoms with Crippen molar-refractivity contribution >= 4 is 15.5 Å². The van der Waals surface area contributed by atoms with Gasteiger partial charge < -0.3 is 4.42 Å². The molecule has 0 unspecified atom stereocenters. The first-order chi connectivity index (χ1) is 10.8. The number of nitrogens with one attached hydrogen (secondary N) is 1. The van der Waals surface area contributed by atoms with E-state index in [4.69, 9.17) is 4.42 Å². The third-order valence-corrected chi connectivity index (χ3v) is 4.86. The summed E-state index contributed by atoms with van der Waals surface area (Å²) in [6.45, 7) is 3.52. The van der Waals surface area contributed by atoms with E-state index < -0.39 is 10.0 Å². The Kier molecular flexibility index (Phi) is 3.61. The van der Waals surface area contributed by atoms with Crippen LogP contribution in [0.3, 0.4) is 0 Å². The molecule has 0 aliphatic heterocycles. The highest BCUT2D eigenvalue weighted by molar-refractivity contribution is 7.89. The molecule has 0 atom stereocenters. The molecule has 3 aromatic rings. The summed E-state index contributed by atoms with van der Waals surface area (Å²) < 4.78 is 35.2. The fourth-order valence-corrected chi connectivity index (χ4v) is 3.33. The van der Waals surface area contributed by atoms with E-state index in [1.165, 1.54) is 28.4 Å². The van der Waals surface area contributed by atoms with Crippen molar-refractivity contribution in [2.24, 2.45) is 7.05 Å². The zero-order valence-corrected chi connectivity index (χ0v) is 13.7. The maximum absolute atomic E-state index is 12.4. The number of aromatic nitrogens is 3. The van der Waals surface area contributed by atoms with Gasteiger partial charge in [0.05, 0.1) is 6.54 Å². The molecular formula is C14H16N4O4S. The molecular weight excluding hydrogens is 320 g/mol. The van der Waals surface area contributed by atoms with Gasteiger partial charge in [0.15, 0.2) is 0 Å². The maximum atomic E-state index is 12.4. The van der Waals surface area contributed by atoms with Gasteiger partial charge in [-0.25, -0.2) is 17.8 Å². The quantitative estimate of drug-likeness (QED) is 0.757. The lowest BCUT2D eigenvalue weighted by atomic mass is 10.4. The number of fused-ring (bicyclic) bond motifs is 1. The molecule has 0 aliphatic carbocycles. The zero-order chi connectivity index (χ0) is 16.8. The molecule has 3 rings (SSSR count). The van der Waals surface area contributed by atoms with Crippen LogP contribution >= 0.6 is 0 Å². The van der Waals surface area contributed by atoms with Gasteiger partial charge in [0.25, 0.3) is 5.56 Å². The summed E-state index contributed by atoms with van der Waals surface area (Å²) in [4.78, 5) is 12.1. The van der Waals surface area contributed by atoms with Crippen molar-refractivity contribution in [3.63, 3.8) is 0 Å². The van der Waals surface area contributed by atoms with Gasteiger partial charge in [-0.15, -0.1) is 0 Å². The second-order valence-electron chi connectivity index (χ2n) is 5.24. The van der Waals surface area contributed by atoms with E-state index in [1.807, 2.05) is 0 Å². The van der Waals surface area contributed by atoms with Crippen molar-refractivity contribution in [1.29, 1.82) is 0 Å². The second kappa shape index (κ2) is 5.36. The Bertz CT molecular complexity index is 1040. The average Bonchev–Trinajstić information content (AvgIpc) is 3.10. The predicted octanol–water partition coefficient (Wildman–Crippen LogP) is 0.721. The molecule has 1 N–H and O–H groups in total. The Balaban J connectivity index is 1.97. The van der Waals surface area contributed by atoms with Crippen LogP contribution in [0, 0.1) is 13.8 Å². The Morgan fingerprint density at radius 1 is 1.30 bits per heavy atom. The maximum Gasteiger partial charge on any atom is 0.290 e. The molecule has 3 aromatic heterocycles. The Hall–Kier alpha value is -2.39. The van der Waals surface area contributed by atoms with Crippen LogP contribution in [-0.4, -0.2) is 22.6 Å². The van der Waals surface area contributed by atoms with E-state index in [-0.39, 0.29) is 22.5 Å². The van der Waals surface area contributed by atoms with Gasteiger partial charge in [-0.2, -0.15) is 5.10 Å². The van der Waals surface area contributed by atoms with E-state index in [9.17, 15) is 13.2 Å². The number of aryl methyl sites for hydroxylation is 3. The Morgan fingerprint density at radius 3 is 2.70 bits per heavy atom. The second-order valence-corrected chi connectivity index (χ2v) is 7.01. The summed E-state index contributed by atoms with van der Waals surface area (Å²) in [7, 11) is -2.24. The predicted molar refractivity (Wildman–Crippen MR) is 82.6 cm³/mol. The van der Waals surface area contributed by atoms with Gasteiger partial charge in [-0.3, -0.25) is 9.20 Å². The molecule has 8 nitrogen and oxygen atoms in total. The summed E-state index contributed by atoms with van der Waals surface area (Å²) in [5.41, 5.74) is -0.104. The van der Waals surface area contributed by atoms with E-state index in [1.54, 1.807) is 26.0 Å². The molecule has 23 heavy (non-hydrogen) atoms. The van der Waals surface area contributed by atoms with E-state index in [2.05, 4.69) is 9.82 Å². The molecule has 0 saturated carbocycles. The van der Waals surface area contributed by atoms with Crippen LogP contribution in [0.2, 0.25) is 0 Å². The van der Waals surface area contributed by atoms with Crippen LogP contribution in [0.25, 0.3) is 5.52 Å². The topological polar surface area (TPSA) is 98.6 Å². The molecule has 0 saturated heterocycles. The van der Waals surface area contributed by atoms with Crippen molar-refractivity contribution < 1.29 is 12.8 Å². The number of rotatable bonds is 4. The van der Waals surface area contributed by atoms with Crippen LogP contribution in [0.5, 0.6) is 0 Å². The first-order valence-electron chi connectivity index (χ1n) is 6.89. The Morgan fingerprint density at radius 2 is 2.04 bits per heavy atom. The van der Waals surface area contributed by atoms with Crippen LogP contribution in [0.1, 0.15) is 17.3 Å². The van der Waals surface area contributed by atoms with Crippen molar-refractivity contribution in [1.82, 2.24) is 18.9 Å². The van der Waals surface area contributed by atoms with Gasteiger partial charge in [0, 0.05) is 13.2 Å². The van der Waals surface area contributed by atoms with Gasteiger partial charge in [-0.05, 0) is 32.0 Å². The molecule has 0 amide bonds. The highest BCUT2D eigenvalue weighted by Gasteiger charge is 2.19. The average molecular weight is 336 g/mol. The van der Waals surface area contributed by atoms with Crippen molar-refractivity contribution in [3.8, 4) is 0 Å². The first kappa shape index (κ1) is 15.5. The van der Waals surface area contributed by atoms with Crippen molar-refractivity contribution in [3.05, 3.63) is 52.1 Å². The van der Waals surface area contributed by atoms with E-state index >= 15 is 0 Å². The van der Waals surface area contributed by atoms with Gasteiger partial charge in [0.1, 0.15) is 27.8 Å². The molecule has 3 heterocycles. The molecule has 0 aromatic carbocycles. The lowest BCUT2D eigenvalue weighted by Gasteiger charge is -2.02. The lowest BCUT2D eigenvalue weighted by Crippen LogP contribution is -2.22. The van der Waals surface area contributed by atoms with Crippen LogP contribution in [0.4, 0.5) is 0 Å². The largest absolute Gasteiger partial charge is 0.465 e. The summed E-state index contributed by atoms with van der Waals surface area (Å²) in [6.07, 6.45) is 1.38. The number of nitrogens with zero attached hydrogens (tertiary/aromatic N) is 3. The number of hydrogen-bond donors (Lipinski definition) is 1. The molecule has 0 bridgehead atoms. The normalized spacial score (nSPS) is 12.1. The van der Waals surface area contributed by atoms with Crippen LogP contribution in [-0.2, 0) is 23.6 Å². The minimum atomic E-state index is -3.76. The van der Waals surface area contributed by atoms with Gasteiger partial charge >= 0.3 is 0 Å². The molecule has 0 spiro atoms. The Labute approximate surface area is 132 Å². The molecule has 122 valence electrons. The minimum absolute atomic E-state index is 0.00831. The summed E-state index contributed by atoms with van der Waals surface area (Å²) in [5, 5.41) is 4.03. The highest BCUT2D eigenvalue weighted by atomic mass is 32.2. The molecule has 0 radical (unpaired) electrons. The first-order valence-corrected chi connectivity index (χ1v) is 8.37. The van der Waals surface area contributed by atoms with Gasteiger partial charge in [-0.1, -0.05) is 0 Å². The third-order valence-electron chi connectivity index (χ3n) is 3.49. The zero-order valence-electron chi connectivity index (χ0n) is 12.9. The van der Waals surface area contributed by atoms with Crippen LogP contribution in [0.15, 0.2) is 38.5 Å². The van der Waals surface area contributed by atoms with E-state index in [0.717, 1.165) is 0 Å². The van der Waals surface area contributed by atoms with Crippen LogP contribution < -0.4 is 10.3 Å². The lowest BCUT2D eigenvalue weighted by molar-refractivity contribution is 0.475. The van der Waals surface area contributed by atoms with Gasteiger partial charge in [0.2, 0.25) is 10.0 Å².